The Morgan fingerprint density at radius 2 is 1.78 bits per heavy atom. The maximum atomic E-state index is 13.1. The number of amides is 3. The first-order chi connectivity index (χ1) is 14.9. The average Bonchev–Trinajstić information content (AvgIpc) is 3.11. The summed E-state index contributed by atoms with van der Waals surface area (Å²) in [5, 5.41) is 16.5. The zero-order valence-electron chi connectivity index (χ0n) is 17.9. The fraction of sp³-hybridized carbons (Fsp3) is 0.400. The van der Waals surface area contributed by atoms with Crippen LogP contribution in [0, 0.1) is 10.1 Å². The molecule has 2 aromatic rings. The van der Waals surface area contributed by atoms with E-state index in [4.69, 9.17) is 0 Å². The summed E-state index contributed by atoms with van der Waals surface area (Å²) >= 11 is 1.26. The number of nitrogens with zero attached hydrogens (tertiary/aromatic N) is 2. The van der Waals surface area contributed by atoms with Gasteiger partial charge < -0.3 is 10.2 Å². The van der Waals surface area contributed by atoms with Gasteiger partial charge in [-0.15, -0.1) is 11.3 Å². The van der Waals surface area contributed by atoms with Crippen molar-refractivity contribution in [3.05, 3.63) is 50.9 Å². The SMILES string of the molecule is CC(C)(C)c1cc(C(=O)N2CCS(=O)(=O)CC2)c(NC(=O)Nc2cccc([N+](=O)[O-])c2)s1. The summed E-state index contributed by atoms with van der Waals surface area (Å²) in [5.41, 5.74) is 0.0816. The number of carbonyl (C=O) groups excluding carboxylic acids is 2. The molecule has 2 heterocycles. The molecule has 1 fully saturated rings. The van der Waals surface area contributed by atoms with Crippen molar-refractivity contribution in [3.63, 3.8) is 0 Å². The number of nitrogens with one attached hydrogen (secondary N) is 2. The van der Waals surface area contributed by atoms with Crippen molar-refractivity contribution in [1.29, 1.82) is 0 Å². The van der Waals surface area contributed by atoms with Gasteiger partial charge in [-0.2, -0.15) is 0 Å². The van der Waals surface area contributed by atoms with Gasteiger partial charge in [0.2, 0.25) is 0 Å². The molecule has 3 rings (SSSR count). The molecule has 12 heteroatoms. The van der Waals surface area contributed by atoms with Crippen molar-refractivity contribution in [2.45, 2.75) is 26.2 Å². The Labute approximate surface area is 189 Å². The quantitative estimate of drug-likeness (QED) is 0.507. The fourth-order valence-electron chi connectivity index (χ4n) is 3.06. The van der Waals surface area contributed by atoms with E-state index in [1.165, 1.54) is 40.5 Å². The van der Waals surface area contributed by atoms with Gasteiger partial charge in [-0.05, 0) is 17.5 Å². The van der Waals surface area contributed by atoms with Gasteiger partial charge in [0, 0.05) is 35.8 Å². The van der Waals surface area contributed by atoms with Gasteiger partial charge >= 0.3 is 6.03 Å². The van der Waals surface area contributed by atoms with Crippen molar-refractivity contribution >= 4 is 49.5 Å². The second-order valence-electron chi connectivity index (χ2n) is 8.43. The summed E-state index contributed by atoms with van der Waals surface area (Å²) in [7, 11) is -3.14. The van der Waals surface area contributed by atoms with Crippen molar-refractivity contribution < 1.29 is 22.9 Å². The number of anilines is 2. The number of urea groups is 1. The van der Waals surface area contributed by atoms with Gasteiger partial charge in [-0.25, -0.2) is 13.2 Å². The molecular weight excluding hydrogens is 456 g/mol. The van der Waals surface area contributed by atoms with E-state index in [2.05, 4.69) is 10.6 Å². The molecule has 1 aliphatic rings. The second kappa shape index (κ2) is 8.87. The number of rotatable bonds is 4. The Bertz CT molecular complexity index is 1150. The lowest BCUT2D eigenvalue weighted by Gasteiger charge is -2.26. The lowest BCUT2D eigenvalue weighted by molar-refractivity contribution is -0.384. The molecule has 1 saturated heterocycles. The fourth-order valence-corrected chi connectivity index (χ4v) is 5.36. The average molecular weight is 481 g/mol. The molecule has 2 N–H and O–H groups in total. The van der Waals surface area contributed by atoms with Gasteiger partial charge in [0.15, 0.2) is 9.84 Å². The normalized spacial score (nSPS) is 15.8. The third kappa shape index (κ3) is 5.62. The van der Waals surface area contributed by atoms with Crippen LogP contribution in [0.5, 0.6) is 0 Å². The number of carbonyl (C=O) groups is 2. The van der Waals surface area contributed by atoms with E-state index in [0.717, 1.165) is 4.88 Å². The van der Waals surface area contributed by atoms with Gasteiger partial charge in [-0.3, -0.25) is 20.2 Å². The molecule has 1 aromatic heterocycles. The van der Waals surface area contributed by atoms with Crippen molar-refractivity contribution in [1.82, 2.24) is 4.90 Å². The molecule has 0 radical (unpaired) electrons. The molecular formula is C20H24N4O6S2. The summed E-state index contributed by atoms with van der Waals surface area (Å²) < 4.78 is 23.4. The van der Waals surface area contributed by atoms with Crippen LogP contribution in [0.25, 0.3) is 0 Å². The molecule has 0 atom stereocenters. The Morgan fingerprint density at radius 1 is 1.12 bits per heavy atom. The maximum absolute atomic E-state index is 13.1. The minimum atomic E-state index is -3.14. The standard InChI is InChI=1S/C20H24N4O6S2/c1-20(2,3)16-12-15(18(25)23-7-9-32(29,30)10-8-23)17(31-16)22-19(26)21-13-5-4-6-14(11-13)24(27)28/h4-6,11-12H,7-10H2,1-3H3,(H2,21,22,26). The van der Waals surface area contributed by atoms with Crippen LogP contribution in [-0.4, -0.2) is 54.8 Å². The van der Waals surface area contributed by atoms with Crippen LogP contribution < -0.4 is 10.6 Å². The first-order valence-corrected chi connectivity index (χ1v) is 12.5. The van der Waals surface area contributed by atoms with Crippen molar-refractivity contribution in [2.75, 3.05) is 35.2 Å². The lowest BCUT2D eigenvalue weighted by atomic mass is 9.94. The van der Waals surface area contributed by atoms with Crippen LogP contribution >= 0.6 is 11.3 Å². The Balaban J connectivity index is 1.83. The van der Waals surface area contributed by atoms with Crippen LogP contribution in [0.1, 0.15) is 36.0 Å². The summed E-state index contributed by atoms with van der Waals surface area (Å²) in [6.07, 6.45) is 0. The molecule has 0 spiro atoms. The monoisotopic (exact) mass is 480 g/mol. The van der Waals surface area contributed by atoms with Gasteiger partial charge in [-0.1, -0.05) is 26.8 Å². The number of nitro benzene ring substituents is 1. The highest BCUT2D eigenvalue weighted by atomic mass is 32.2. The molecule has 0 aliphatic carbocycles. The van der Waals surface area contributed by atoms with E-state index in [-0.39, 0.29) is 52.9 Å². The number of thiophene rings is 1. The van der Waals surface area contributed by atoms with Crippen molar-refractivity contribution in [3.8, 4) is 0 Å². The lowest BCUT2D eigenvalue weighted by Crippen LogP contribution is -2.43. The number of non-ortho nitro benzene ring substituents is 1. The predicted octanol–water partition coefficient (Wildman–Crippen LogP) is 3.47. The topological polar surface area (TPSA) is 139 Å². The zero-order chi connectivity index (χ0) is 23.7. The molecule has 32 heavy (non-hydrogen) atoms. The molecule has 0 bridgehead atoms. The van der Waals surface area contributed by atoms with Crippen LogP contribution in [0.3, 0.4) is 0 Å². The smallest absolute Gasteiger partial charge is 0.324 e. The molecule has 172 valence electrons. The van der Waals surface area contributed by atoms with E-state index in [1.807, 2.05) is 20.8 Å². The van der Waals surface area contributed by atoms with Crippen molar-refractivity contribution in [2.24, 2.45) is 0 Å². The summed E-state index contributed by atoms with van der Waals surface area (Å²) in [4.78, 5) is 38.4. The minimum Gasteiger partial charge on any atom is -0.337 e. The highest BCUT2D eigenvalue weighted by Gasteiger charge is 2.30. The minimum absolute atomic E-state index is 0.0922. The number of hydrogen-bond acceptors (Lipinski definition) is 7. The van der Waals surface area contributed by atoms with E-state index in [1.54, 1.807) is 6.07 Å². The van der Waals surface area contributed by atoms with Crippen LogP contribution in [0.15, 0.2) is 30.3 Å². The molecule has 0 unspecified atom stereocenters. The Kier molecular flexibility index (Phi) is 6.56. The van der Waals surface area contributed by atoms with Gasteiger partial charge in [0.1, 0.15) is 5.00 Å². The largest absolute Gasteiger partial charge is 0.337 e. The highest BCUT2D eigenvalue weighted by Crippen LogP contribution is 2.37. The molecule has 10 nitrogen and oxygen atoms in total. The Morgan fingerprint density at radius 3 is 2.38 bits per heavy atom. The van der Waals surface area contributed by atoms with Gasteiger partial charge in [0.05, 0.1) is 22.0 Å². The summed E-state index contributed by atoms with van der Waals surface area (Å²) in [6, 6.07) is 6.59. The molecule has 3 amide bonds. The summed E-state index contributed by atoms with van der Waals surface area (Å²) in [5.74, 6) is -0.534. The molecule has 1 aliphatic heterocycles. The number of nitro groups is 1. The first kappa shape index (κ1) is 23.7. The van der Waals surface area contributed by atoms with E-state index in [9.17, 15) is 28.1 Å². The van der Waals surface area contributed by atoms with Crippen LogP contribution in [0.2, 0.25) is 0 Å². The zero-order valence-corrected chi connectivity index (χ0v) is 19.5. The Hall–Kier alpha value is -2.99. The third-order valence-electron chi connectivity index (χ3n) is 4.88. The number of hydrogen-bond donors (Lipinski definition) is 2. The highest BCUT2D eigenvalue weighted by molar-refractivity contribution is 7.91. The first-order valence-electron chi connectivity index (χ1n) is 9.82. The molecule has 0 saturated carbocycles. The van der Waals surface area contributed by atoms with E-state index in [0.29, 0.717) is 5.00 Å². The molecule has 1 aromatic carbocycles. The predicted molar refractivity (Wildman–Crippen MR) is 123 cm³/mol. The second-order valence-corrected chi connectivity index (χ2v) is 11.8. The maximum Gasteiger partial charge on any atom is 0.324 e. The number of sulfone groups is 1. The van der Waals surface area contributed by atoms with E-state index >= 15 is 0 Å². The van der Waals surface area contributed by atoms with E-state index < -0.39 is 20.8 Å². The van der Waals surface area contributed by atoms with Crippen LogP contribution in [0.4, 0.5) is 21.2 Å². The van der Waals surface area contributed by atoms with Gasteiger partial charge in [0.25, 0.3) is 11.6 Å². The van der Waals surface area contributed by atoms with Crippen LogP contribution in [-0.2, 0) is 15.3 Å². The summed E-state index contributed by atoms with van der Waals surface area (Å²) in [6.45, 7) is 6.14. The third-order valence-corrected chi connectivity index (χ3v) is 7.96. The number of benzene rings is 1.